The summed E-state index contributed by atoms with van der Waals surface area (Å²) in [6, 6.07) is 20.4. The highest BCUT2D eigenvalue weighted by molar-refractivity contribution is 5.94. The zero-order valence-corrected chi connectivity index (χ0v) is 16.3. The van der Waals surface area contributed by atoms with E-state index in [1.54, 1.807) is 4.90 Å². The van der Waals surface area contributed by atoms with Crippen LogP contribution in [0.4, 0.5) is 0 Å². The summed E-state index contributed by atoms with van der Waals surface area (Å²) in [4.78, 5) is 27.4. The summed E-state index contributed by atoms with van der Waals surface area (Å²) in [5.74, 6) is 0.0927. The van der Waals surface area contributed by atoms with Gasteiger partial charge in [-0.15, -0.1) is 0 Å². The van der Waals surface area contributed by atoms with Crippen LogP contribution in [-0.2, 0) is 16.0 Å². The Kier molecular flexibility index (Phi) is 5.47. The lowest BCUT2D eigenvalue weighted by molar-refractivity contribution is -0.179. The first-order chi connectivity index (χ1) is 13.7. The van der Waals surface area contributed by atoms with Crippen molar-refractivity contribution in [3.05, 3.63) is 71.8 Å². The molecule has 1 aliphatic carbocycles. The molecule has 1 saturated heterocycles. The van der Waals surface area contributed by atoms with E-state index in [1.807, 2.05) is 36.4 Å². The van der Waals surface area contributed by atoms with E-state index >= 15 is 0 Å². The quantitative estimate of drug-likeness (QED) is 0.778. The SMILES string of the molecule is O=C(CN1C(=O)C2(CCCCC2)C1c1ccccc1)NCCc1ccccc1. The Labute approximate surface area is 166 Å². The number of hydrogen-bond donors (Lipinski definition) is 1. The zero-order valence-electron chi connectivity index (χ0n) is 16.3. The van der Waals surface area contributed by atoms with E-state index in [-0.39, 0.29) is 29.8 Å². The van der Waals surface area contributed by atoms with Crippen molar-refractivity contribution in [1.82, 2.24) is 10.2 Å². The van der Waals surface area contributed by atoms with Gasteiger partial charge >= 0.3 is 0 Å². The molecule has 4 heteroatoms. The molecular weight excluding hydrogens is 348 g/mol. The van der Waals surface area contributed by atoms with Gasteiger partial charge < -0.3 is 10.2 Å². The minimum absolute atomic E-state index is 0.0290. The molecule has 1 unspecified atom stereocenters. The molecule has 2 aliphatic rings. The lowest BCUT2D eigenvalue weighted by Crippen LogP contribution is -2.65. The fourth-order valence-electron chi connectivity index (χ4n) is 4.92. The Bertz CT molecular complexity index is 813. The highest BCUT2D eigenvalue weighted by Gasteiger charge is 2.60. The molecule has 1 heterocycles. The predicted octanol–water partition coefficient (Wildman–Crippen LogP) is 3.88. The summed E-state index contributed by atoms with van der Waals surface area (Å²) in [6.45, 7) is 0.737. The van der Waals surface area contributed by atoms with Crippen molar-refractivity contribution >= 4 is 11.8 Å². The van der Waals surface area contributed by atoms with Gasteiger partial charge in [-0.25, -0.2) is 0 Å². The maximum absolute atomic E-state index is 13.1. The molecule has 28 heavy (non-hydrogen) atoms. The van der Waals surface area contributed by atoms with Gasteiger partial charge in [0.05, 0.1) is 11.5 Å². The molecule has 4 rings (SSSR count). The van der Waals surface area contributed by atoms with Crippen LogP contribution in [0.25, 0.3) is 0 Å². The first-order valence-corrected chi connectivity index (χ1v) is 10.4. The van der Waals surface area contributed by atoms with Crippen molar-refractivity contribution in [2.45, 2.75) is 44.6 Å². The summed E-state index contributed by atoms with van der Waals surface area (Å²) < 4.78 is 0. The van der Waals surface area contributed by atoms with E-state index in [0.717, 1.165) is 37.7 Å². The van der Waals surface area contributed by atoms with Gasteiger partial charge in [0.25, 0.3) is 0 Å². The fraction of sp³-hybridized carbons (Fsp3) is 0.417. The van der Waals surface area contributed by atoms with Crippen molar-refractivity contribution < 1.29 is 9.59 Å². The van der Waals surface area contributed by atoms with E-state index < -0.39 is 0 Å². The molecular formula is C24H28N2O2. The van der Waals surface area contributed by atoms with E-state index in [2.05, 4.69) is 29.6 Å². The standard InChI is InChI=1S/C24H28N2O2/c27-21(25-17-14-19-10-4-1-5-11-19)18-26-22(20-12-6-2-7-13-20)24(23(26)28)15-8-3-9-16-24/h1-2,4-7,10-13,22H,3,8-9,14-18H2,(H,25,27). The third-order valence-electron chi connectivity index (χ3n) is 6.28. The number of nitrogens with zero attached hydrogens (tertiary/aromatic N) is 1. The summed E-state index contributed by atoms with van der Waals surface area (Å²) in [6.07, 6.45) is 6.09. The number of likely N-dealkylation sites (tertiary alicyclic amines) is 1. The number of carbonyl (C=O) groups excluding carboxylic acids is 2. The molecule has 0 bridgehead atoms. The summed E-state index contributed by atoms with van der Waals surface area (Å²) in [5.41, 5.74) is 2.07. The highest BCUT2D eigenvalue weighted by Crippen LogP contribution is 2.57. The number of rotatable bonds is 6. The molecule has 1 saturated carbocycles. The molecule has 4 nitrogen and oxygen atoms in total. The topological polar surface area (TPSA) is 49.4 Å². The Morgan fingerprint density at radius 2 is 1.61 bits per heavy atom. The van der Waals surface area contributed by atoms with Crippen LogP contribution in [-0.4, -0.2) is 29.8 Å². The van der Waals surface area contributed by atoms with Crippen LogP contribution >= 0.6 is 0 Å². The monoisotopic (exact) mass is 376 g/mol. The smallest absolute Gasteiger partial charge is 0.239 e. The van der Waals surface area contributed by atoms with Crippen molar-refractivity contribution in [3.8, 4) is 0 Å². The summed E-state index contributed by atoms with van der Waals surface area (Å²) in [5, 5.41) is 2.98. The normalized spacial score (nSPS) is 20.6. The average Bonchev–Trinajstić information content (AvgIpc) is 2.75. The van der Waals surface area contributed by atoms with E-state index in [0.29, 0.717) is 6.54 Å². The van der Waals surface area contributed by atoms with Gasteiger partial charge in [-0.2, -0.15) is 0 Å². The van der Waals surface area contributed by atoms with Crippen molar-refractivity contribution in [1.29, 1.82) is 0 Å². The van der Waals surface area contributed by atoms with Gasteiger partial charge in [0, 0.05) is 6.54 Å². The average molecular weight is 377 g/mol. The Morgan fingerprint density at radius 3 is 2.29 bits per heavy atom. The lowest BCUT2D eigenvalue weighted by Gasteiger charge is -2.58. The summed E-state index contributed by atoms with van der Waals surface area (Å²) >= 11 is 0. The van der Waals surface area contributed by atoms with Gasteiger partial charge in [-0.05, 0) is 30.4 Å². The molecule has 1 spiro atoms. The molecule has 1 aliphatic heterocycles. The first-order valence-electron chi connectivity index (χ1n) is 10.4. The van der Waals surface area contributed by atoms with Crippen LogP contribution in [0.3, 0.4) is 0 Å². The second-order valence-electron chi connectivity index (χ2n) is 8.05. The summed E-state index contributed by atoms with van der Waals surface area (Å²) in [7, 11) is 0. The maximum Gasteiger partial charge on any atom is 0.239 e. The van der Waals surface area contributed by atoms with Crippen LogP contribution in [0, 0.1) is 5.41 Å². The minimum atomic E-state index is -0.288. The molecule has 1 N–H and O–H groups in total. The molecule has 146 valence electrons. The van der Waals surface area contributed by atoms with Crippen LogP contribution in [0.2, 0.25) is 0 Å². The zero-order chi connectivity index (χ0) is 19.4. The molecule has 0 radical (unpaired) electrons. The molecule has 2 amide bonds. The Morgan fingerprint density at radius 1 is 0.964 bits per heavy atom. The number of β-lactam (4-membered cyclic amide) rings is 1. The fourth-order valence-corrected chi connectivity index (χ4v) is 4.92. The molecule has 2 aromatic carbocycles. The van der Waals surface area contributed by atoms with Crippen LogP contribution < -0.4 is 5.32 Å². The van der Waals surface area contributed by atoms with Crippen molar-refractivity contribution in [2.24, 2.45) is 5.41 Å². The van der Waals surface area contributed by atoms with Gasteiger partial charge in [-0.3, -0.25) is 9.59 Å². The van der Waals surface area contributed by atoms with Crippen LogP contribution in [0.1, 0.15) is 49.3 Å². The second kappa shape index (κ2) is 8.17. The largest absolute Gasteiger partial charge is 0.354 e. The Balaban J connectivity index is 1.41. The minimum Gasteiger partial charge on any atom is -0.354 e. The van der Waals surface area contributed by atoms with Gasteiger partial charge in [-0.1, -0.05) is 79.9 Å². The lowest BCUT2D eigenvalue weighted by atomic mass is 9.60. The molecule has 0 aromatic heterocycles. The molecule has 1 atom stereocenters. The van der Waals surface area contributed by atoms with Gasteiger partial charge in [0.15, 0.2) is 0 Å². The number of nitrogens with one attached hydrogen (secondary N) is 1. The number of carbonyl (C=O) groups is 2. The van der Waals surface area contributed by atoms with Gasteiger partial charge in [0.1, 0.15) is 6.54 Å². The van der Waals surface area contributed by atoms with E-state index in [4.69, 9.17) is 0 Å². The maximum atomic E-state index is 13.1. The van der Waals surface area contributed by atoms with Gasteiger partial charge in [0.2, 0.25) is 11.8 Å². The predicted molar refractivity (Wildman–Crippen MR) is 110 cm³/mol. The van der Waals surface area contributed by atoms with Crippen molar-refractivity contribution in [3.63, 3.8) is 0 Å². The second-order valence-corrected chi connectivity index (χ2v) is 8.05. The third kappa shape index (κ3) is 3.56. The van der Waals surface area contributed by atoms with E-state index in [1.165, 1.54) is 12.0 Å². The molecule has 2 aromatic rings. The third-order valence-corrected chi connectivity index (χ3v) is 6.28. The van der Waals surface area contributed by atoms with Crippen molar-refractivity contribution in [2.75, 3.05) is 13.1 Å². The van der Waals surface area contributed by atoms with E-state index in [9.17, 15) is 9.59 Å². The first kappa shape index (κ1) is 18.7. The van der Waals surface area contributed by atoms with Crippen LogP contribution in [0.5, 0.6) is 0 Å². The molecule has 2 fully saturated rings. The highest BCUT2D eigenvalue weighted by atomic mass is 16.2. The Hall–Kier alpha value is -2.62. The number of amides is 2. The number of benzene rings is 2. The number of hydrogen-bond acceptors (Lipinski definition) is 2. The van der Waals surface area contributed by atoms with Crippen LogP contribution in [0.15, 0.2) is 60.7 Å².